The molecule has 1 saturated heterocycles. The minimum Gasteiger partial charge on any atom is -0.373 e. The zero-order chi connectivity index (χ0) is 25.8. The van der Waals surface area contributed by atoms with E-state index in [1.165, 1.54) is 30.1 Å². The first kappa shape index (κ1) is 24.9. The number of hydrogen-bond donors (Lipinski definition) is 0. The van der Waals surface area contributed by atoms with Gasteiger partial charge in [-0.1, -0.05) is 18.2 Å². The van der Waals surface area contributed by atoms with E-state index in [1.54, 1.807) is 13.1 Å². The van der Waals surface area contributed by atoms with E-state index in [9.17, 15) is 26.4 Å². The van der Waals surface area contributed by atoms with Gasteiger partial charge in [-0.25, -0.2) is 31.6 Å². The maximum Gasteiger partial charge on any atom is 0.266 e. The Morgan fingerprint density at radius 2 is 1.86 bits per heavy atom. The molecule has 0 amide bonds. The molecule has 1 aliphatic heterocycles. The summed E-state index contributed by atoms with van der Waals surface area (Å²) in [5, 5.41) is 0.584. The second-order valence-corrected chi connectivity index (χ2v) is 12.0. The molecule has 0 bridgehead atoms. The van der Waals surface area contributed by atoms with Crippen LogP contribution in [0.15, 0.2) is 35.4 Å². The van der Waals surface area contributed by atoms with Gasteiger partial charge in [-0.05, 0) is 49.1 Å². The Hall–Kier alpha value is -2.79. The molecular weight excluding hydrogens is 495 g/mol. The standard InChI is InChI=1S/C25H26F3N3O4S/c1-31-23-18(20(29-13-30-23)7-6-14-4-3-5-17(21(14)26)22(27)28)8-19(24(31)32)25(35-2)9-15-11-36(33,34)12-16(15)10-25/h3-5,8,13,15-16,22H,6-7,9-12H2,1-2H3/t15-,16+,25?. The molecule has 1 aromatic carbocycles. The van der Waals surface area contributed by atoms with Crippen LogP contribution in [-0.2, 0) is 40.1 Å². The van der Waals surface area contributed by atoms with E-state index in [-0.39, 0.29) is 47.3 Å². The minimum absolute atomic E-state index is 0.0769. The molecule has 1 aliphatic carbocycles. The van der Waals surface area contributed by atoms with Crippen molar-refractivity contribution >= 4 is 20.9 Å². The van der Waals surface area contributed by atoms with Gasteiger partial charge in [0.05, 0.1) is 33.9 Å². The molecule has 2 aliphatic rings. The first-order valence-corrected chi connectivity index (χ1v) is 13.5. The Morgan fingerprint density at radius 3 is 2.50 bits per heavy atom. The smallest absolute Gasteiger partial charge is 0.266 e. The molecule has 7 nitrogen and oxygen atoms in total. The van der Waals surface area contributed by atoms with Gasteiger partial charge >= 0.3 is 0 Å². The molecule has 5 rings (SSSR count). The zero-order valence-electron chi connectivity index (χ0n) is 19.9. The molecule has 192 valence electrons. The van der Waals surface area contributed by atoms with Crippen molar-refractivity contribution < 1.29 is 26.3 Å². The molecule has 3 atom stereocenters. The lowest BCUT2D eigenvalue weighted by Crippen LogP contribution is -2.36. The van der Waals surface area contributed by atoms with Gasteiger partial charge in [-0.2, -0.15) is 0 Å². The summed E-state index contributed by atoms with van der Waals surface area (Å²) < 4.78 is 72.3. The lowest BCUT2D eigenvalue weighted by molar-refractivity contribution is -0.0150. The van der Waals surface area contributed by atoms with E-state index in [0.29, 0.717) is 35.1 Å². The van der Waals surface area contributed by atoms with Gasteiger partial charge in [0, 0.05) is 19.5 Å². The number of benzene rings is 1. The monoisotopic (exact) mass is 521 g/mol. The van der Waals surface area contributed by atoms with Gasteiger partial charge in [0.15, 0.2) is 9.84 Å². The quantitative estimate of drug-likeness (QED) is 0.493. The number of fused-ring (bicyclic) bond motifs is 2. The highest BCUT2D eigenvalue weighted by atomic mass is 32.2. The summed E-state index contributed by atoms with van der Waals surface area (Å²) in [5.74, 6) is -0.897. The highest BCUT2D eigenvalue weighted by Crippen LogP contribution is 2.51. The Kier molecular flexibility index (Phi) is 6.19. The maximum atomic E-state index is 14.6. The third-order valence-electron chi connectivity index (χ3n) is 7.73. The van der Waals surface area contributed by atoms with Crippen molar-refractivity contribution in [2.75, 3.05) is 18.6 Å². The summed E-state index contributed by atoms with van der Waals surface area (Å²) in [5.41, 5.74) is -0.350. The number of halogens is 3. The minimum atomic E-state index is -3.09. The highest BCUT2D eigenvalue weighted by Gasteiger charge is 2.53. The van der Waals surface area contributed by atoms with Crippen LogP contribution in [0.5, 0.6) is 0 Å². The van der Waals surface area contributed by atoms with E-state index in [0.717, 1.165) is 6.07 Å². The first-order valence-electron chi connectivity index (χ1n) is 11.7. The number of alkyl halides is 2. The fourth-order valence-electron chi connectivity index (χ4n) is 5.93. The van der Waals surface area contributed by atoms with Crippen molar-refractivity contribution in [2.45, 2.75) is 37.7 Å². The van der Waals surface area contributed by atoms with E-state index in [2.05, 4.69) is 9.97 Å². The molecule has 3 aromatic rings. The molecule has 0 radical (unpaired) electrons. The summed E-state index contributed by atoms with van der Waals surface area (Å²) in [6, 6.07) is 5.65. The van der Waals surface area contributed by atoms with Crippen molar-refractivity contribution in [3.63, 3.8) is 0 Å². The number of nitrogens with zero attached hydrogens (tertiary/aromatic N) is 3. The maximum absolute atomic E-state index is 14.6. The average Bonchev–Trinajstić information content (AvgIpc) is 3.31. The fourth-order valence-corrected chi connectivity index (χ4v) is 8.15. The van der Waals surface area contributed by atoms with Crippen molar-refractivity contribution in [1.29, 1.82) is 0 Å². The number of aryl methyl sites for hydroxylation is 3. The largest absolute Gasteiger partial charge is 0.373 e. The number of methoxy groups -OCH3 is 1. The predicted octanol–water partition coefficient (Wildman–Crippen LogP) is 3.49. The van der Waals surface area contributed by atoms with Gasteiger partial charge in [-0.3, -0.25) is 9.36 Å². The molecule has 1 saturated carbocycles. The van der Waals surface area contributed by atoms with Crippen molar-refractivity contribution in [2.24, 2.45) is 18.9 Å². The Balaban J connectivity index is 1.54. The van der Waals surface area contributed by atoms with Gasteiger partial charge in [0.2, 0.25) is 0 Å². The number of hydrogen-bond acceptors (Lipinski definition) is 6. The van der Waals surface area contributed by atoms with Crippen LogP contribution in [0.1, 0.15) is 41.7 Å². The van der Waals surface area contributed by atoms with Crippen LogP contribution in [0.4, 0.5) is 13.2 Å². The summed E-state index contributed by atoms with van der Waals surface area (Å²) in [6.45, 7) is 0. The Morgan fingerprint density at radius 1 is 1.17 bits per heavy atom. The van der Waals surface area contributed by atoms with E-state index >= 15 is 0 Å². The fraction of sp³-hybridized carbons (Fsp3) is 0.480. The SMILES string of the molecule is COC1(c2cc3c(CCc4cccc(C(F)F)c4F)ncnc3n(C)c2=O)C[C@@H]2CS(=O)(=O)C[C@@H]2C1. The number of sulfone groups is 1. The number of pyridine rings is 1. The van der Waals surface area contributed by atoms with Crippen LogP contribution in [0.3, 0.4) is 0 Å². The summed E-state index contributed by atoms with van der Waals surface area (Å²) in [4.78, 5) is 22.0. The third-order valence-corrected chi connectivity index (χ3v) is 9.60. The topological polar surface area (TPSA) is 91.2 Å². The highest BCUT2D eigenvalue weighted by molar-refractivity contribution is 7.91. The lowest BCUT2D eigenvalue weighted by Gasteiger charge is -2.29. The average molecular weight is 522 g/mol. The van der Waals surface area contributed by atoms with Crippen molar-refractivity contribution in [3.05, 3.63) is 69.1 Å². The molecule has 0 spiro atoms. The van der Waals surface area contributed by atoms with Gasteiger partial charge in [-0.15, -0.1) is 0 Å². The second kappa shape index (κ2) is 8.95. The van der Waals surface area contributed by atoms with Crippen LogP contribution < -0.4 is 5.56 Å². The van der Waals surface area contributed by atoms with Crippen LogP contribution >= 0.6 is 0 Å². The van der Waals surface area contributed by atoms with Gasteiger partial charge in [0.1, 0.15) is 17.8 Å². The van der Waals surface area contributed by atoms with Crippen LogP contribution in [0.25, 0.3) is 11.0 Å². The molecular formula is C25H26F3N3O4S. The second-order valence-electron chi connectivity index (χ2n) is 9.80. The molecule has 2 fully saturated rings. The van der Waals surface area contributed by atoms with E-state index < -0.39 is 33.2 Å². The number of ether oxygens (including phenoxy) is 1. The Bertz CT molecular complexity index is 1490. The molecule has 36 heavy (non-hydrogen) atoms. The molecule has 3 heterocycles. The third kappa shape index (κ3) is 4.11. The summed E-state index contributed by atoms with van der Waals surface area (Å²) in [7, 11) is 0.0376. The zero-order valence-corrected chi connectivity index (χ0v) is 20.7. The molecule has 1 unspecified atom stereocenters. The van der Waals surface area contributed by atoms with Crippen LogP contribution in [0.2, 0.25) is 0 Å². The molecule has 0 N–H and O–H groups in total. The van der Waals surface area contributed by atoms with Gasteiger partial charge < -0.3 is 4.74 Å². The molecule has 2 aromatic heterocycles. The number of rotatable bonds is 6. The van der Waals surface area contributed by atoms with Crippen LogP contribution in [0, 0.1) is 17.7 Å². The first-order chi connectivity index (χ1) is 17.0. The van der Waals surface area contributed by atoms with Crippen molar-refractivity contribution in [1.82, 2.24) is 14.5 Å². The lowest BCUT2D eigenvalue weighted by atomic mass is 9.90. The number of aromatic nitrogens is 3. The van der Waals surface area contributed by atoms with E-state index in [4.69, 9.17) is 4.74 Å². The summed E-state index contributed by atoms with van der Waals surface area (Å²) in [6.07, 6.45) is -0.378. The van der Waals surface area contributed by atoms with E-state index in [1.807, 2.05) is 0 Å². The Labute approximate surface area is 206 Å². The van der Waals surface area contributed by atoms with Crippen LogP contribution in [-0.4, -0.2) is 41.6 Å². The predicted molar refractivity (Wildman–Crippen MR) is 127 cm³/mol. The van der Waals surface area contributed by atoms with Gasteiger partial charge in [0.25, 0.3) is 12.0 Å². The summed E-state index contributed by atoms with van der Waals surface area (Å²) >= 11 is 0. The normalized spacial score (nSPS) is 25.1. The molecule has 11 heteroatoms. The van der Waals surface area contributed by atoms with Crippen molar-refractivity contribution in [3.8, 4) is 0 Å².